The zero-order valence-corrected chi connectivity index (χ0v) is 16.5. The number of halogens is 1. The lowest BCUT2D eigenvalue weighted by Crippen LogP contribution is -2.20. The van der Waals surface area contributed by atoms with Crippen molar-refractivity contribution >= 4 is 49.7 Å². The molecule has 138 valence electrons. The van der Waals surface area contributed by atoms with Gasteiger partial charge in [-0.25, -0.2) is 13.4 Å². The Kier molecular flexibility index (Phi) is 4.41. The van der Waals surface area contributed by atoms with E-state index >= 15 is 0 Å². The third kappa shape index (κ3) is 3.31. The van der Waals surface area contributed by atoms with Crippen LogP contribution in [0.2, 0.25) is 5.02 Å². The third-order valence-electron chi connectivity index (χ3n) is 4.31. The number of carbonyl (C=O) groups excluding carboxylic acids is 1. The molecule has 1 aromatic heterocycles. The Morgan fingerprint density at radius 3 is 2.78 bits per heavy atom. The largest absolute Gasteiger partial charge is 0.315 e. The summed E-state index contributed by atoms with van der Waals surface area (Å²) in [7, 11) is -2.14. The Labute approximate surface area is 165 Å². The Hall–Kier alpha value is -2.42. The highest BCUT2D eigenvalue weighted by atomic mass is 35.5. The maximum absolute atomic E-state index is 12.7. The highest BCUT2D eigenvalue weighted by Crippen LogP contribution is 2.33. The van der Waals surface area contributed by atoms with Gasteiger partial charge in [-0.05, 0) is 29.8 Å². The molecule has 0 radical (unpaired) electrons. The van der Waals surface area contributed by atoms with Gasteiger partial charge in [0.1, 0.15) is 0 Å². The number of hydrogen-bond acceptors (Lipinski definition) is 5. The van der Waals surface area contributed by atoms with Crippen molar-refractivity contribution in [2.75, 3.05) is 16.7 Å². The molecule has 0 spiro atoms. The van der Waals surface area contributed by atoms with Gasteiger partial charge in [0.15, 0.2) is 5.13 Å². The van der Waals surface area contributed by atoms with Crippen LogP contribution < -0.4 is 9.62 Å². The molecule has 6 nitrogen and oxygen atoms in total. The Morgan fingerprint density at radius 2 is 2.00 bits per heavy atom. The molecular formula is C18H14ClN3O3S2. The Balaban J connectivity index is 1.61. The van der Waals surface area contributed by atoms with Gasteiger partial charge in [-0.2, -0.15) is 0 Å². The summed E-state index contributed by atoms with van der Waals surface area (Å²) in [6.07, 6.45) is 0.198. The van der Waals surface area contributed by atoms with Gasteiger partial charge >= 0.3 is 0 Å². The van der Waals surface area contributed by atoms with Crippen LogP contribution in [0.5, 0.6) is 0 Å². The molecule has 2 heterocycles. The van der Waals surface area contributed by atoms with Crippen LogP contribution in [-0.4, -0.2) is 26.4 Å². The molecule has 0 atom stereocenters. The van der Waals surface area contributed by atoms with Crippen molar-refractivity contribution in [2.24, 2.45) is 0 Å². The minimum absolute atomic E-state index is 0.0585. The standard InChI is InChI=1S/C18H14ClN3O3S2/c1-22-16-7-6-12(8-11(16)9-17(22)23)27(24,25)21-18-20-15(10-26-18)13-4-2-3-5-14(13)19/h2-8,10H,9H2,1H3,(H,20,21). The highest BCUT2D eigenvalue weighted by Gasteiger charge is 2.26. The SMILES string of the molecule is CN1C(=O)Cc2cc(S(=O)(=O)Nc3nc(-c4ccccc4Cl)cs3)ccc21. The number of hydrogen-bond donors (Lipinski definition) is 1. The fourth-order valence-corrected chi connectivity index (χ4v) is 5.15. The number of thiazole rings is 1. The van der Waals surface area contributed by atoms with Gasteiger partial charge in [-0.15, -0.1) is 11.3 Å². The van der Waals surface area contributed by atoms with Gasteiger partial charge < -0.3 is 4.90 Å². The Bertz CT molecular complexity index is 1160. The molecule has 4 rings (SSSR count). The van der Waals surface area contributed by atoms with Crippen molar-refractivity contribution in [1.29, 1.82) is 0 Å². The molecule has 0 aliphatic carbocycles. The van der Waals surface area contributed by atoms with Gasteiger partial charge in [-0.1, -0.05) is 29.8 Å². The first kappa shape index (κ1) is 18.0. The average molecular weight is 420 g/mol. The molecule has 1 aliphatic rings. The molecule has 1 N–H and O–H groups in total. The lowest BCUT2D eigenvalue weighted by molar-refractivity contribution is -0.117. The first-order valence-corrected chi connectivity index (χ1v) is 10.7. The second-order valence-electron chi connectivity index (χ2n) is 6.04. The molecule has 1 amide bonds. The number of amides is 1. The second-order valence-corrected chi connectivity index (χ2v) is 8.99. The lowest BCUT2D eigenvalue weighted by atomic mass is 10.2. The molecule has 0 saturated carbocycles. The summed E-state index contributed by atoms with van der Waals surface area (Å²) >= 11 is 7.35. The van der Waals surface area contributed by atoms with Crippen molar-refractivity contribution < 1.29 is 13.2 Å². The number of fused-ring (bicyclic) bond motifs is 1. The quantitative estimate of drug-likeness (QED) is 0.697. The van der Waals surface area contributed by atoms with Crippen LogP contribution in [-0.2, 0) is 21.2 Å². The van der Waals surface area contributed by atoms with Crippen molar-refractivity contribution in [2.45, 2.75) is 11.3 Å². The van der Waals surface area contributed by atoms with Crippen molar-refractivity contribution in [3.05, 3.63) is 58.4 Å². The van der Waals surface area contributed by atoms with Crippen molar-refractivity contribution in [1.82, 2.24) is 4.98 Å². The predicted octanol–water partition coefficient (Wildman–Crippen LogP) is 3.78. The summed E-state index contributed by atoms with van der Waals surface area (Å²) in [6.45, 7) is 0. The zero-order valence-electron chi connectivity index (χ0n) is 14.1. The van der Waals surface area contributed by atoms with E-state index in [0.717, 1.165) is 11.3 Å². The summed E-state index contributed by atoms with van der Waals surface area (Å²) in [5, 5.41) is 2.54. The summed E-state index contributed by atoms with van der Waals surface area (Å²) in [5.41, 5.74) is 2.76. The first-order chi connectivity index (χ1) is 12.8. The topological polar surface area (TPSA) is 79.4 Å². The molecule has 0 fully saturated rings. The van der Waals surface area contributed by atoms with Gasteiger partial charge in [0.2, 0.25) is 5.91 Å². The number of benzene rings is 2. The van der Waals surface area contributed by atoms with Crippen LogP contribution in [0.1, 0.15) is 5.56 Å². The van der Waals surface area contributed by atoms with E-state index in [1.807, 2.05) is 18.2 Å². The van der Waals surface area contributed by atoms with Crippen molar-refractivity contribution in [3.8, 4) is 11.3 Å². The van der Waals surface area contributed by atoms with Gasteiger partial charge in [0.05, 0.1) is 17.0 Å². The van der Waals surface area contributed by atoms with Crippen LogP contribution >= 0.6 is 22.9 Å². The third-order valence-corrected chi connectivity index (χ3v) is 6.87. The normalized spacial score (nSPS) is 13.7. The zero-order chi connectivity index (χ0) is 19.2. The number of nitrogens with one attached hydrogen (secondary N) is 1. The Morgan fingerprint density at radius 1 is 1.22 bits per heavy atom. The van der Waals surface area contributed by atoms with Gasteiger partial charge in [0, 0.05) is 28.7 Å². The van der Waals surface area contributed by atoms with E-state index in [1.54, 1.807) is 24.6 Å². The van der Waals surface area contributed by atoms with Crippen LogP contribution in [0.15, 0.2) is 52.7 Å². The number of rotatable bonds is 4. The van der Waals surface area contributed by atoms with Gasteiger partial charge in [-0.3, -0.25) is 9.52 Å². The van der Waals surface area contributed by atoms with E-state index < -0.39 is 10.0 Å². The molecular weight excluding hydrogens is 406 g/mol. The summed E-state index contributed by atoms with van der Waals surface area (Å²) in [4.78, 5) is 17.7. The summed E-state index contributed by atoms with van der Waals surface area (Å²) < 4.78 is 27.9. The number of carbonyl (C=O) groups is 1. The molecule has 0 unspecified atom stereocenters. The predicted molar refractivity (Wildman–Crippen MR) is 107 cm³/mol. The number of aromatic nitrogens is 1. The average Bonchev–Trinajstić information content (AvgIpc) is 3.19. The number of anilines is 2. The molecule has 3 aromatic rings. The van der Waals surface area contributed by atoms with E-state index in [-0.39, 0.29) is 22.4 Å². The van der Waals surface area contributed by atoms with E-state index in [4.69, 9.17) is 11.6 Å². The van der Waals surface area contributed by atoms with E-state index in [1.165, 1.54) is 28.4 Å². The second kappa shape index (κ2) is 6.63. The van der Waals surface area contributed by atoms with E-state index in [0.29, 0.717) is 16.3 Å². The fraction of sp³-hybridized carbons (Fsp3) is 0.111. The smallest absolute Gasteiger partial charge is 0.263 e. The highest BCUT2D eigenvalue weighted by molar-refractivity contribution is 7.93. The minimum atomic E-state index is -3.81. The number of likely N-dealkylation sites (N-methyl/N-ethyl adjacent to an activating group) is 1. The maximum Gasteiger partial charge on any atom is 0.263 e. The number of sulfonamides is 1. The minimum Gasteiger partial charge on any atom is -0.315 e. The fourth-order valence-electron chi connectivity index (χ4n) is 2.90. The van der Waals surface area contributed by atoms with Crippen LogP contribution in [0.4, 0.5) is 10.8 Å². The monoisotopic (exact) mass is 419 g/mol. The van der Waals surface area contributed by atoms with Crippen LogP contribution in [0.25, 0.3) is 11.3 Å². The van der Waals surface area contributed by atoms with E-state index in [2.05, 4.69) is 9.71 Å². The van der Waals surface area contributed by atoms with Gasteiger partial charge in [0.25, 0.3) is 10.0 Å². The molecule has 9 heteroatoms. The van der Waals surface area contributed by atoms with E-state index in [9.17, 15) is 13.2 Å². The lowest BCUT2D eigenvalue weighted by Gasteiger charge is -2.11. The summed E-state index contributed by atoms with van der Waals surface area (Å²) in [5.74, 6) is -0.0585. The van der Waals surface area contributed by atoms with Crippen molar-refractivity contribution in [3.63, 3.8) is 0 Å². The molecule has 2 aromatic carbocycles. The first-order valence-electron chi connectivity index (χ1n) is 7.98. The molecule has 0 saturated heterocycles. The molecule has 0 bridgehead atoms. The molecule has 27 heavy (non-hydrogen) atoms. The summed E-state index contributed by atoms with van der Waals surface area (Å²) in [6, 6.07) is 11.9. The number of nitrogens with zero attached hydrogens (tertiary/aromatic N) is 2. The van der Waals surface area contributed by atoms with Crippen LogP contribution in [0.3, 0.4) is 0 Å². The maximum atomic E-state index is 12.7. The molecule has 1 aliphatic heterocycles. The van der Waals surface area contributed by atoms with Crippen LogP contribution in [0, 0.1) is 0 Å².